The molecule has 0 heterocycles. The van der Waals surface area contributed by atoms with Gasteiger partial charge in [-0.25, -0.2) is 9.18 Å². The average Bonchev–Trinajstić information content (AvgIpc) is 2.70. The van der Waals surface area contributed by atoms with Crippen molar-refractivity contribution in [2.45, 2.75) is 20.8 Å². The summed E-state index contributed by atoms with van der Waals surface area (Å²) in [5.41, 5.74) is 2.66. The van der Waals surface area contributed by atoms with Crippen LogP contribution in [0.1, 0.15) is 27.0 Å². The Kier molecular flexibility index (Phi) is 6.97. The Morgan fingerprint density at radius 2 is 1.74 bits per heavy atom. The summed E-state index contributed by atoms with van der Waals surface area (Å²) in [6.07, 6.45) is 0. The van der Waals surface area contributed by atoms with Crippen LogP contribution in [0.15, 0.2) is 53.0 Å². The monoisotopic (exact) mass is 504 g/mol. The first-order chi connectivity index (χ1) is 14.7. The zero-order valence-corrected chi connectivity index (χ0v) is 19.3. The third-order valence-electron chi connectivity index (χ3n) is 4.73. The minimum absolute atomic E-state index is 0.209. The van der Waals surface area contributed by atoms with Gasteiger partial charge in [0.15, 0.2) is 0 Å². The Hall–Kier alpha value is -2.90. The van der Waals surface area contributed by atoms with Crippen molar-refractivity contribution < 1.29 is 18.7 Å². The fourth-order valence-electron chi connectivity index (χ4n) is 2.98. The van der Waals surface area contributed by atoms with Gasteiger partial charge in [-0.1, -0.05) is 23.7 Å². The maximum Gasteiger partial charge on any atom is 0.326 e. The van der Waals surface area contributed by atoms with E-state index in [9.17, 15) is 14.0 Å². The number of carbonyl (C=O) groups is 2. The molecule has 0 aliphatic carbocycles. The van der Waals surface area contributed by atoms with E-state index < -0.39 is 17.8 Å². The third-order valence-corrected chi connectivity index (χ3v) is 5.58. The summed E-state index contributed by atoms with van der Waals surface area (Å²) in [6, 6.07) is 11.7. The molecule has 3 amide bonds. The van der Waals surface area contributed by atoms with E-state index in [-0.39, 0.29) is 5.56 Å². The molecule has 5 nitrogen and oxygen atoms in total. The lowest BCUT2D eigenvalue weighted by molar-refractivity contribution is 0.0963. The molecule has 3 aromatic rings. The number of nitrogens with one attached hydrogen (secondary N) is 2. The molecule has 0 bridgehead atoms. The molecule has 0 fully saturated rings. The van der Waals surface area contributed by atoms with Gasteiger partial charge in [-0.3, -0.25) is 10.1 Å². The van der Waals surface area contributed by atoms with Crippen LogP contribution in [0.4, 0.5) is 14.9 Å². The predicted octanol–water partition coefficient (Wildman–Crippen LogP) is 6.92. The van der Waals surface area contributed by atoms with E-state index in [4.69, 9.17) is 16.3 Å². The molecule has 2 N–H and O–H groups in total. The van der Waals surface area contributed by atoms with Crippen LogP contribution >= 0.6 is 27.5 Å². The van der Waals surface area contributed by atoms with Crippen LogP contribution in [0, 0.1) is 26.6 Å². The first kappa shape index (κ1) is 22.8. The van der Waals surface area contributed by atoms with Crippen LogP contribution in [0.5, 0.6) is 11.5 Å². The molecule has 8 heteroatoms. The summed E-state index contributed by atoms with van der Waals surface area (Å²) in [4.78, 5) is 24.5. The van der Waals surface area contributed by atoms with Crippen molar-refractivity contribution in [1.82, 2.24) is 5.32 Å². The van der Waals surface area contributed by atoms with E-state index >= 15 is 0 Å². The normalized spacial score (nSPS) is 10.5. The van der Waals surface area contributed by atoms with Gasteiger partial charge in [0.25, 0.3) is 5.91 Å². The molecule has 31 heavy (non-hydrogen) atoms. The number of aryl methyl sites for hydroxylation is 1. The van der Waals surface area contributed by atoms with Crippen molar-refractivity contribution >= 4 is 45.2 Å². The summed E-state index contributed by atoms with van der Waals surface area (Å²) < 4.78 is 20.5. The standard InChI is InChI=1S/C23H19BrClFN2O3/c1-12-10-19(27-23(30)28-22(29)16-6-4-5-7-18(16)26)13(2)14(3)21(12)31-20-9-8-15(25)11-17(20)24/h4-11H,1-3H3,(H2,27,28,29,30). The number of carbonyl (C=O) groups excluding carboxylic acids is 2. The first-order valence-electron chi connectivity index (χ1n) is 9.28. The van der Waals surface area contributed by atoms with Gasteiger partial charge < -0.3 is 10.1 Å². The smallest absolute Gasteiger partial charge is 0.326 e. The quantitative estimate of drug-likeness (QED) is 0.404. The van der Waals surface area contributed by atoms with Crippen LogP contribution in [-0.4, -0.2) is 11.9 Å². The number of urea groups is 1. The van der Waals surface area contributed by atoms with E-state index in [0.29, 0.717) is 26.7 Å². The fourth-order valence-corrected chi connectivity index (χ4v) is 3.75. The Morgan fingerprint density at radius 3 is 2.42 bits per heavy atom. The zero-order chi connectivity index (χ0) is 22.7. The molecule has 0 aromatic heterocycles. The number of halogens is 3. The van der Waals surface area contributed by atoms with Gasteiger partial charge in [-0.2, -0.15) is 0 Å². The number of ether oxygens (including phenoxy) is 1. The van der Waals surface area contributed by atoms with Crippen molar-refractivity contribution in [3.63, 3.8) is 0 Å². The molecule has 0 spiro atoms. The maximum atomic E-state index is 13.7. The lowest BCUT2D eigenvalue weighted by atomic mass is 10.0. The molecule has 3 rings (SSSR count). The van der Waals surface area contributed by atoms with Gasteiger partial charge in [0.1, 0.15) is 17.3 Å². The number of rotatable bonds is 4. The van der Waals surface area contributed by atoms with Crippen molar-refractivity contribution in [2.75, 3.05) is 5.32 Å². The van der Waals surface area contributed by atoms with Crippen molar-refractivity contribution in [3.8, 4) is 11.5 Å². The lowest BCUT2D eigenvalue weighted by Gasteiger charge is -2.18. The van der Waals surface area contributed by atoms with E-state index in [1.165, 1.54) is 18.2 Å². The van der Waals surface area contributed by atoms with E-state index in [1.54, 1.807) is 24.3 Å². The van der Waals surface area contributed by atoms with Crippen molar-refractivity contribution in [1.29, 1.82) is 0 Å². The van der Waals surface area contributed by atoms with Gasteiger partial charge in [-0.05, 0) is 89.8 Å². The molecule has 3 aromatic carbocycles. The summed E-state index contributed by atoms with van der Waals surface area (Å²) in [6.45, 7) is 5.54. The van der Waals surface area contributed by atoms with Gasteiger partial charge in [-0.15, -0.1) is 0 Å². The second-order valence-corrected chi connectivity index (χ2v) is 8.18. The number of amides is 3. The predicted molar refractivity (Wildman–Crippen MR) is 123 cm³/mol. The van der Waals surface area contributed by atoms with Crippen molar-refractivity contribution in [2.24, 2.45) is 0 Å². The SMILES string of the molecule is Cc1cc(NC(=O)NC(=O)c2ccccc2F)c(C)c(C)c1Oc1ccc(Cl)cc1Br. The van der Waals surface area contributed by atoms with Crippen LogP contribution in [0.3, 0.4) is 0 Å². The van der Waals surface area contributed by atoms with Gasteiger partial charge in [0, 0.05) is 10.7 Å². The minimum atomic E-state index is -0.825. The topological polar surface area (TPSA) is 67.4 Å². The Labute approximate surface area is 192 Å². The molecular formula is C23H19BrClFN2O3. The van der Waals surface area contributed by atoms with Gasteiger partial charge >= 0.3 is 6.03 Å². The Morgan fingerprint density at radius 1 is 1.03 bits per heavy atom. The van der Waals surface area contributed by atoms with Gasteiger partial charge in [0.2, 0.25) is 0 Å². The lowest BCUT2D eigenvalue weighted by Crippen LogP contribution is -2.35. The minimum Gasteiger partial charge on any atom is -0.456 e. The average molecular weight is 506 g/mol. The molecule has 0 aliphatic rings. The zero-order valence-electron chi connectivity index (χ0n) is 17.0. The molecule has 0 saturated heterocycles. The summed E-state index contributed by atoms with van der Waals surface area (Å²) in [7, 11) is 0. The highest BCUT2D eigenvalue weighted by Gasteiger charge is 2.18. The molecule has 0 radical (unpaired) electrons. The number of benzene rings is 3. The summed E-state index contributed by atoms with van der Waals surface area (Å²) in [5.74, 6) is -0.280. The second kappa shape index (κ2) is 9.49. The second-order valence-electron chi connectivity index (χ2n) is 6.89. The van der Waals surface area contributed by atoms with E-state index in [2.05, 4.69) is 26.6 Å². The summed E-state index contributed by atoms with van der Waals surface area (Å²) >= 11 is 9.42. The highest BCUT2D eigenvalue weighted by Crippen LogP contribution is 2.38. The molecular weight excluding hydrogens is 487 g/mol. The molecule has 160 valence electrons. The Balaban J connectivity index is 1.79. The molecule has 0 atom stereocenters. The van der Waals surface area contributed by atoms with Crippen molar-refractivity contribution in [3.05, 3.63) is 86.1 Å². The van der Waals surface area contributed by atoms with Crippen LogP contribution in [0.2, 0.25) is 5.02 Å². The fraction of sp³-hybridized carbons (Fsp3) is 0.130. The largest absolute Gasteiger partial charge is 0.456 e. The molecule has 0 saturated carbocycles. The summed E-state index contributed by atoms with van der Waals surface area (Å²) in [5, 5.41) is 5.37. The van der Waals surface area contributed by atoms with Crippen LogP contribution in [0.25, 0.3) is 0 Å². The highest BCUT2D eigenvalue weighted by atomic mass is 79.9. The van der Waals surface area contributed by atoms with E-state index in [0.717, 1.165) is 22.8 Å². The number of hydrogen-bond acceptors (Lipinski definition) is 3. The van der Waals surface area contributed by atoms with Crippen LogP contribution < -0.4 is 15.4 Å². The maximum absolute atomic E-state index is 13.7. The number of imide groups is 1. The number of hydrogen-bond donors (Lipinski definition) is 2. The Bertz CT molecular complexity index is 1180. The third kappa shape index (κ3) is 5.24. The highest BCUT2D eigenvalue weighted by molar-refractivity contribution is 9.10. The molecule has 0 unspecified atom stereocenters. The number of anilines is 1. The van der Waals surface area contributed by atoms with Gasteiger partial charge in [0.05, 0.1) is 10.0 Å². The van der Waals surface area contributed by atoms with Crippen LogP contribution in [-0.2, 0) is 0 Å². The first-order valence-corrected chi connectivity index (χ1v) is 10.4. The molecule has 0 aliphatic heterocycles. The van der Waals surface area contributed by atoms with E-state index in [1.807, 2.05) is 20.8 Å².